The smallest absolute Gasteiger partial charge is 0.343 e. The zero-order valence-electron chi connectivity index (χ0n) is 21.8. The van der Waals surface area contributed by atoms with E-state index in [1.165, 1.54) is 50.0 Å². The number of aryl methyl sites for hydroxylation is 2. The third-order valence-corrected chi connectivity index (χ3v) is 6.31. The third-order valence-electron chi connectivity index (χ3n) is 6.31. The Hall–Kier alpha value is -2.89. The Morgan fingerprint density at radius 3 is 1.77 bits per heavy atom. The van der Waals surface area contributed by atoms with Gasteiger partial charge in [0.15, 0.2) is 0 Å². The summed E-state index contributed by atoms with van der Waals surface area (Å²) in [7, 11) is 0. The van der Waals surface area contributed by atoms with Gasteiger partial charge in [-0.1, -0.05) is 75.4 Å². The summed E-state index contributed by atoms with van der Waals surface area (Å²) in [5, 5.41) is 4.84. The van der Waals surface area contributed by atoms with E-state index in [0.29, 0.717) is 6.42 Å². The molecule has 0 aromatic heterocycles. The molecular weight excluding hydrogens is 442 g/mol. The number of unbranched alkanes of at least 4 members (excludes halogenated alkanes) is 5. The molecule has 35 heavy (non-hydrogen) atoms. The molecule has 192 valence electrons. The van der Waals surface area contributed by atoms with Gasteiger partial charge in [0.05, 0.1) is 13.2 Å². The minimum absolute atomic E-state index is 0.0466. The highest BCUT2D eigenvalue weighted by atomic mass is 16.6. The lowest BCUT2D eigenvalue weighted by Gasteiger charge is -2.30. The maximum Gasteiger partial charge on any atom is 0.343 e. The molecule has 0 saturated heterocycles. The number of carbonyl (C=O) groups is 3. The molecule has 6 heteroatoms. The molecule has 0 unspecified atom stereocenters. The van der Waals surface area contributed by atoms with E-state index in [9.17, 15) is 14.4 Å². The predicted octanol–water partition coefficient (Wildman–Crippen LogP) is 5.68. The Morgan fingerprint density at radius 2 is 1.26 bits per heavy atom. The first-order valence-corrected chi connectivity index (χ1v) is 13.0. The normalized spacial score (nSPS) is 11.3. The molecule has 2 aromatic carbocycles. The highest BCUT2D eigenvalue weighted by Gasteiger charge is 2.49. The summed E-state index contributed by atoms with van der Waals surface area (Å²) in [6.07, 6.45) is 8.98. The highest BCUT2D eigenvalue weighted by Crippen LogP contribution is 2.28. The van der Waals surface area contributed by atoms with Gasteiger partial charge in [0.25, 0.3) is 0 Å². The van der Waals surface area contributed by atoms with Gasteiger partial charge in [-0.05, 0) is 61.4 Å². The number of hydrogen-bond acceptors (Lipinski definition) is 5. The van der Waals surface area contributed by atoms with Gasteiger partial charge >= 0.3 is 11.9 Å². The molecule has 0 aliphatic heterocycles. The molecule has 0 spiro atoms. The number of fused-ring (bicyclic) bond motifs is 1. The minimum Gasteiger partial charge on any atom is -0.464 e. The lowest BCUT2D eigenvalue weighted by molar-refractivity contribution is -0.168. The topological polar surface area (TPSA) is 81.7 Å². The van der Waals surface area contributed by atoms with E-state index in [1.807, 2.05) is 12.1 Å². The van der Waals surface area contributed by atoms with Crippen LogP contribution in [0.15, 0.2) is 36.4 Å². The van der Waals surface area contributed by atoms with Crippen molar-refractivity contribution in [1.82, 2.24) is 5.32 Å². The van der Waals surface area contributed by atoms with Crippen LogP contribution < -0.4 is 5.32 Å². The van der Waals surface area contributed by atoms with E-state index in [4.69, 9.17) is 9.47 Å². The quantitative estimate of drug-likeness (QED) is 0.200. The van der Waals surface area contributed by atoms with Gasteiger partial charge in [0, 0.05) is 6.92 Å². The molecule has 0 bridgehead atoms. The van der Waals surface area contributed by atoms with E-state index < -0.39 is 23.4 Å². The fraction of sp³-hybridized carbons (Fsp3) is 0.552. The average molecular weight is 484 g/mol. The van der Waals surface area contributed by atoms with Crippen molar-refractivity contribution >= 4 is 28.6 Å². The van der Waals surface area contributed by atoms with Crippen molar-refractivity contribution in [3.8, 4) is 0 Å². The summed E-state index contributed by atoms with van der Waals surface area (Å²) in [6, 6.07) is 12.5. The largest absolute Gasteiger partial charge is 0.464 e. The van der Waals surface area contributed by atoms with Crippen LogP contribution in [0.5, 0.6) is 0 Å². The van der Waals surface area contributed by atoms with Crippen LogP contribution in [0.2, 0.25) is 0 Å². The number of esters is 2. The van der Waals surface area contributed by atoms with Gasteiger partial charge in [-0.15, -0.1) is 0 Å². The Balaban J connectivity index is 2.29. The van der Waals surface area contributed by atoms with Gasteiger partial charge in [-0.25, -0.2) is 9.59 Å². The summed E-state index contributed by atoms with van der Waals surface area (Å²) < 4.78 is 10.4. The number of amides is 1. The van der Waals surface area contributed by atoms with Crippen molar-refractivity contribution in [2.75, 3.05) is 13.2 Å². The van der Waals surface area contributed by atoms with Gasteiger partial charge in [0.2, 0.25) is 11.4 Å². The van der Waals surface area contributed by atoms with E-state index in [2.05, 4.69) is 36.5 Å². The van der Waals surface area contributed by atoms with Crippen molar-refractivity contribution < 1.29 is 23.9 Å². The Kier molecular flexibility index (Phi) is 11.7. The second-order valence-corrected chi connectivity index (χ2v) is 8.97. The van der Waals surface area contributed by atoms with E-state index in [-0.39, 0.29) is 19.6 Å². The first-order chi connectivity index (χ1) is 16.9. The molecule has 0 atom stereocenters. The van der Waals surface area contributed by atoms with Crippen molar-refractivity contribution in [2.45, 2.75) is 91.0 Å². The fourth-order valence-corrected chi connectivity index (χ4v) is 4.54. The van der Waals surface area contributed by atoms with Crippen molar-refractivity contribution in [2.24, 2.45) is 0 Å². The van der Waals surface area contributed by atoms with Gasteiger partial charge in [-0.2, -0.15) is 0 Å². The van der Waals surface area contributed by atoms with Crippen LogP contribution in [0.25, 0.3) is 10.8 Å². The summed E-state index contributed by atoms with van der Waals surface area (Å²) in [6.45, 7) is 7.02. The maximum atomic E-state index is 12.9. The molecular formula is C29H41NO5. The van der Waals surface area contributed by atoms with E-state index >= 15 is 0 Å². The summed E-state index contributed by atoms with van der Waals surface area (Å²) in [5.74, 6) is -2.08. The van der Waals surface area contributed by atoms with Crippen LogP contribution in [0.3, 0.4) is 0 Å². The first-order valence-electron chi connectivity index (χ1n) is 13.0. The van der Waals surface area contributed by atoms with E-state index in [1.54, 1.807) is 13.8 Å². The summed E-state index contributed by atoms with van der Waals surface area (Å²) >= 11 is 0. The van der Waals surface area contributed by atoms with Crippen LogP contribution in [-0.4, -0.2) is 36.6 Å². The molecule has 1 amide bonds. The lowest BCUT2D eigenvalue weighted by Crippen LogP contribution is -2.61. The summed E-state index contributed by atoms with van der Waals surface area (Å²) in [5.41, 5.74) is 0.440. The number of rotatable bonds is 15. The van der Waals surface area contributed by atoms with Crippen LogP contribution >= 0.6 is 0 Å². The van der Waals surface area contributed by atoms with Crippen molar-refractivity contribution in [3.63, 3.8) is 0 Å². The van der Waals surface area contributed by atoms with Crippen molar-refractivity contribution in [3.05, 3.63) is 47.5 Å². The molecule has 1 N–H and O–H groups in total. The van der Waals surface area contributed by atoms with E-state index in [0.717, 1.165) is 23.8 Å². The molecule has 0 radical (unpaired) electrons. The second kappa shape index (κ2) is 14.5. The molecule has 0 saturated carbocycles. The standard InChI is InChI=1S/C29H41NO5/c1-5-8-9-10-11-12-15-23-18-19-24(26-17-14-13-16-25(23)26)20-21-29(30-22(4)31,27(32)34-6-2)28(33)35-7-3/h13-14,16-19H,5-12,15,20-21H2,1-4H3,(H,30,31). The Bertz CT molecular complexity index is 966. The molecule has 0 fully saturated rings. The van der Waals surface area contributed by atoms with Crippen LogP contribution in [0, 0.1) is 0 Å². The minimum atomic E-state index is -1.88. The maximum absolute atomic E-state index is 12.9. The lowest BCUT2D eigenvalue weighted by atomic mass is 9.88. The number of nitrogens with one attached hydrogen (secondary N) is 1. The molecule has 2 rings (SSSR count). The number of ether oxygens (including phenoxy) is 2. The summed E-state index contributed by atoms with van der Waals surface area (Å²) in [4.78, 5) is 37.9. The SMILES string of the molecule is CCCCCCCCc1ccc(CCC(NC(C)=O)(C(=O)OCC)C(=O)OCC)c2ccccc12. The highest BCUT2D eigenvalue weighted by molar-refractivity contribution is 6.07. The number of benzene rings is 2. The Morgan fingerprint density at radius 1 is 0.743 bits per heavy atom. The first kappa shape index (κ1) is 28.3. The Labute approximate surface area is 209 Å². The van der Waals surface area contributed by atoms with Crippen LogP contribution in [0.4, 0.5) is 0 Å². The zero-order chi connectivity index (χ0) is 25.7. The van der Waals surface area contributed by atoms with Crippen LogP contribution in [-0.2, 0) is 36.7 Å². The monoisotopic (exact) mass is 483 g/mol. The van der Waals surface area contributed by atoms with Crippen LogP contribution in [0.1, 0.15) is 83.8 Å². The van der Waals surface area contributed by atoms with Gasteiger partial charge < -0.3 is 14.8 Å². The second-order valence-electron chi connectivity index (χ2n) is 8.97. The fourth-order valence-electron chi connectivity index (χ4n) is 4.54. The van der Waals surface area contributed by atoms with Crippen molar-refractivity contribution in [1.29, 1.82) is 0 Å². The molecule has 6 nitrogen and oxygen atoms in total. The van der Waals surface area contributed by atoms with Gasteiger partial charge in [0.1, 0.15) is 0 Å². The molecule has 0 heterocycles. The molecule has 0 aliphatic carbocycles. The zero-order valence-corrected chi connectivity index (χ0v) is 21.8. The van der Waals surface area contributed by atoms with Gasteiger partial charge in [-0.3, -0.25) is 4.79 Å². The predicted molar refractivity (Wildman–Crippen MR) is 139 cm³/mol. The third kappa shape index (κ3) is 7.81. The number of hydrogen-bond donors (Lipinski definition) is 1. The molecule has 2 aromatic rings. The molecule has 0 aliphatic rings. The average Bonchev–Trinajstić information content (AvgIpc) is 2.84. The number of carbonyl (C=O) groups excluding carboxylic acids is 3.